The normalized spacial score (nSPS) is 35.1. The van der Waals surface area contributed by atoms with Crippen molar-refractivity contribution in [3.8, 4) is 0 Å². The second-order valence-corrected chi connectivity index (χ2v) is 9.29. The van der Waals surface area contributed by atoms with Crippen LogP contribution < -0.4 is 0 Å². The monoisotopic (exact) mass is 393 g/mol. The van der Waals surface area contributed by atoms with E-state index in [0.29, 0.717) is 24.1 Å². The number of aliphatic carboxylic acids is 1. The van der Waals surface area contributed by atoms with Crippen molar-refractivity contribution in [2.45, 2.75) is 76.4 Å². The number of amides is 1. The predicted molar refractivity (Wildman–Crippen MR) is 105 cm³/mol. The van der Waals surface area contributed by atoms with Crippen molar-refractivity contribution < 1.29 is 19.4 Å². The van der Waals surface area contributed by atoms with Crippen LogP contribution in [-0.4, -0.2) is 89.3 Å². The van der Waals surface area contributed by atoms with E-state index in [1.54, 1.807) is 0 Å². The van der Waals surface area contributed by atoms with Gasteiger partial charge in [-0.15, -0.1) is 0 Å². The van der Waals surface area contributed by atoms with Gasteiger partial charge in [0.05, 0.1) is 6.61 Å². The van der Waals surface area contributed by atoms with E-state index in [2.05, 4.69) is 9.80 Å². The largest absolute Gasteiger partial charge is 0.480 e. The molecular formula is C21H35N3O4. The van der Waals surface area contributed by atoms with Crippen LogP contribution in [0.2, 0.25) is 0 Å². The summed E-state index contributed by atoms with van der Waals surface area (Å²) in [6.45, 7) is 7.09. The fourth-order valence-electron chi connectivity index (χ4n) is 6.08. The zero-order valence-corrected chi connectivity index (χ0v) is 17.1. The van der Waals surface area contributed by atoms with E-state index in [-0.39, 0.29) is 12.1 Å². The number of hydrogen-bond donors (Lipinski definition) is 1. The van der Waals surface area contributed by atoms with Crippen LogP contribution in [0.25, 0.3) is 0 Å². The summed E-state index contributed by atoms with van der Waals surface area (Å²) in [5.41, 5.74) is 0.315. The highest BCUT2D eigenvalue weighted by atomic mass is 16.6. The van der Waals surface area contributed by atoms with Gasteiger partial charge in [-0.2, -0.15) is 0 Å². The maximum Gasteiger partial charge on any atom is 0.409 e. The molecule has 1 N–H and O–H groups in total. The number of piperidine rings is 2. The Balaban J connectivity index is 1.24. The minimum atomic E-state index is -0.643. The molecule has 3 saturated heterocycles. The Kier molecular flexibility index (Phi) is 5.83. The van der Waals surface area contributed by atoms with Gasteiger partial charge in [-0.05, 0) is 76.9 Å². The van der Waals surface area contributed by atoms with Crippen LogP contribution in [0.1, 0.15) is 58.3 Å². The van der Waals surface area contributed by atoms with Gasteiger partial charge in [-0.3, -0.25) is 9.69 Å². The van der Waals surface area contributed by atoms with Gasteiger partial charge < -0.3 is 19.6 Å². The van der Waals surface area contributed by atoms with Crippen LogP contribution in [0.15, 0.2) is 0 Å². The highest BCUT2D eigenvalue weighted by Gasteiger charge is 2.51. The van der Waals surface area contributed by atoms with Gasteiger partial charge in [0.15, 0.2) is 0 Å². The molecule has 1 aliphatic carbocycles. The van der Waals surface area contributed by atoms with Gasteiger partial charge in [0.1, 0.15) is 6.04 Å². The number of nitrogens with zero attached hydrogens (tertiary/aromatic N) is 3. The first kappa shape index (κ1) is 20.0. The molecule has 0 aromatic heterocycles. The van der Waals surface area contributed by atoms with Crippen molar-refractivity contribution in [3.05, 3.63) is 0 Å². The summed E-state index contributed by atoms with van der Waals surface area (Å²) in [6.07, 6.45) is 8.47. The number of carbonyl (C=O) groups is 2. The van der Waals surface area contributed by atoms with Crippen LogP contribution >= 0.6 is 0 Å². The lowest BCUT2D eigenvalue weighted by atomic mass is 9.64. The molecule has 1 spiro atoms. The minimum Gasteiger partial charge on any atom is -0.480 e. The highest BCUT2D eigenvalue weighted by Crippen LogP contribution is 2.50. The third-order valence-corrected chi connectivity index (χ3v) is 7.62. The fourth-order valence-corrected chi connectivity index (χ4v) is 6.08. The summed E-state index contributed by atoms with van der Waals surface area (Å²) in [7, 11) is 0. The molecule has 0 aromatic rings. The molecule has 4 aliphatic rings. The van der Waals surface area contributed by atoms with Gasteiger partial charge in [0.2, 0.25) is 0 Å². The Morgan fingerprint density at radius 2 is 1.79 bits per heavy atom. The Hall–Kier alpha value is -1.34. The maximum absolute atomic E-state index is 12.0. The standard InChI is InChI=1S/C21H35N3O4/c1-2-28-20(27)23-12-8-21(15-23)13-17(14-21)22-10-6-16(7-11-22)24-9-4-3-5-18(24)19(25)26/h16-18H,2-15H2,1H3,(H,25,26)/t17?,18-,21?/m1/s1. The molecule has 1 atom stereocenters. The van der Waals surface area contributed by atoms with Gasteiger partial charge >= 0.3 is 12.1 Å². The minimum absolute atomic E-state index is 0.154. The van der Waals surface area contributed by atoms with E-state index in [4.69, 9.17) is 4.74 Å². The first-order chi connectivity index (χ1) is 13.5. The van der Waals surface area contributed by atoms with Gasteiger partial charge in [0.25, 0.3) is 0 Å². The molecule has 1 saturated carbocycles. The quantitative estimate of drug-likeness (QED) is 0.791. The first-order valence-corrected chi connectivity index (χ1v) is 11.2. The van der Waals surface area contributed by atoms with Crippen molar-refractivity contribution >= 4 is 12.1 Å². The molecule has 0 aromatic carbocycles. The van der Waals surface area contributed by atoms with E-state index in [1.807, 2.05) is 11.8 Å². The number of carboxylic acids is 1. The second-order valence-electron chi connectivity index (χ2n) is 9.29. The summed E-state index contributed by atoms with van der Waals surface area (Å²) in [4.78, 5) is 30.3. The molecule has 0 radical (unpaired) electrons. The molecular weight excluding hydrogens is 358 g/mol. The number of hydrogen-bond acceptors (Lipinski definition) is 5. The Morgan fingerprint density at radius 3 is 2.46 bits per heavy atom. The topological polar surface area (TPSA) is 73.3 Å². The van der Waals surface area contributed by atoms with E-state index in [1.165, 1.54) is 12.8 Å². The molecule has 3 aliphatic heterocycles. The molecule has 4 fully saturated rings. The third kappa shape index (κ3) is 3.88. The smallest absolute Gasteiger partial charge is 0.409 e. The SMILES string of the molecule is CCOC(=O)N1CCC2(CC(N3CCC(N4CCCC[C@@H]4C(=O)O)CC3)C2)C1. The summed E-state index contributed by atoms with van der Waals surface area (Å²) < 4.78 is 5.16. The summed E-state index contributed by atoms with van der Waals surface area (Å²) >= 11 is 0. The van der Waals surface area contributed by atoms with E-state index in [9.17, 15) is 14.7 Å². The molecule has 0 bridgehead atoms. The van der Waals surface area contributed by atoms with Gasteiger partial charge in [0, 0.05) is 25.2 Å². The van der Waals surface area contributed by atoms with E-state index < -0.39 is 5.97 Å². The number of carboxylic acid groups (broad SMARTS) is 1. The van der Waals surface area contributed by atoms with Crippen molar-refractivity contribution in [1.82, 2.24) is 14.7 Å². The molecule has 1 amide bonds. The molecule has 28 heavy (non-hydrogen) atoms. The van der Waals surface area contributed by atoms with E-state index in [0.717, 1.165) is 71.2 Å². The molecule has 4 rings (SSSR count). The second kappa shape index (κ2) is 8.19. The fraction of sp³-hybridized carbons (Fsp3) is 0.905. The molecule has 7 heteroatoms. The average molecular weight is 394 g/mol. The first-order valence-electron chi connectivity index (χ1n) is 11.2. The summed E-state index contributed by atoms with van der Waals surface area (Å²) in [5, 5.41) is 9.55. The lowest BCUT2D eigenvalue weighted by Gasteiger charge is -2.52. The molecule has 7 nitrogen and oxygen atoms in total. The van der Waals surface area contributed by atoms with Crippen LogP contribution in [0.4, 0.5) is 4.79 Å². The highest BCUT2D eigenvalue weighted by molar-refractivity contribution is 5.73. The van der Waals surface area contributed by atoms with Crippen molar-refractivity contribution in [1.29, 1.82) is 0 Å². The van der Waals surface area contributed by atoms with Gasteiger partial charge in [-0.25, -0.2) is 4.79 Å². The zero-order valence-electron chi connectivity index (χ0n) is 17.1. The number of likely N-dealkylation sites (tertiary alicyclic amines) is 3. The molecule has 3 heterocycles. The molecule has 158 valence electrons. The van der Waals surface area contributed by atoms with Crippen LogP contribution in [0, 0.1) is 5.41 Å². The third-order valence-electron chi connectivity index (χ3n) is 7.62. The maximum atomic E-state index is 12.0. The summed E-state index contributed by atoms with van der Waals surface area (Å²) in [5.74, 6) is -0.643. The van der Waals surface area contributed by atoms with Crippen molar-refractivity contribution in [3.63, 3.8) is 0 Å². The Bertz CT molecular complexity index is 584. The van der Waals surface area contributed by atoms with Crippen LogP contribution in [0.5, 0.6) is 0 Å². The van der Waals surface area contributed by atoms with Crippen molar-refractivity contribution in [2.75, 3.05) is 39.3 Å². The lowest BCUT2D eigenvalue weighted by Crippen LogP contribution is -2.58. The van der Waals surface area contributed by atoms with E-state index >= 15 is 0 Å². The van der Waals surface area contributed by atoms with Gasteiger partial charge in [-0.1, -0.05) is 6.42 Å². The Labute approximate surface area is 168 Å². The van der Waals surface area contributed by atoms with Crippen LogP contribution in [-0.2, 0) is 9.53 Å². The summed E-state index contributed by atoms with van der Waals surface area (Å²) in [6, 6.07) is 0.793. The van der Waals surface area contributed by atoms with Crippen molar-refractivity contribution in [2.24, 2.45) is 5.41 Å². The van der Waals surface area contributed by atoms with Crippen LogP contribution in [0.3, 0.4) is 0 Å². The number of ether oxygens (including phenoxy) is 1. The molecule has 0 unspecified atom stereocenters. The number of carbonyl (C=O) groups excluding carboxylic acids is 1. The zero-order chi connectivity index (χ0) is 19.7. The lowest BCUT2D eigenvalue weighted by molar-refractivity contribution is -0.146. The predicted octanol–water partition coefficient (Wildman–Crippen LogP) is 2.40. The number of rotatable bonds is 4. The Morgan fingerprint density at radius 1 is 1.04 bits per heavy atom. The average Bonchev–Trinajstić information content (AvgIpc) is 3.13.